The van der Waals surface area contributed by atoms with Gasteiger partial charge in [-0.3, -0.25) is 0 Å². The van der Waals surface area contributed by atoms with Crippen LogP contribution >= 0.6 is 11.3 Å². The highest BCUT2D eigenvalue weighted by Crippen LogP contribution is 2.37. The number of thiophene rings is 1. The molecule has 0 saturated heterocycles. The number of aromatic carboxylic acids is 1. The van der Waals surface area contributed by atoms with E-state index in [2.05, 4.69) is 5.16 Å². The topological polar surface area (TPSA) is 63.3 Å². The fourth-order valence-electron chi connectivity index (χ4n) is 1.90. The number of aryl methyl sites for hydroxylation is 1. The molecule has 0 spiro atoms. The molecule has 76 valence electrons. The number of carbonyl (C=O) groups is 1. The summed E-state index contributed by atoms with van der Waals surface area (Å²) in [5, 5.41) is 14.5. The van der Waals surface area contributed by atoms with Crippen LogP contribution in [0.4, 0.5) is 0 Å². The number of rotatable bonds is 1. The summed E-state index contributed by atoms with van der Waals surface area (Å²) in [6.45, 7) is 0. The molecule has 2 aromatic heterocycles. The van der Waals surface area contributed by atoms with E-state index in [1.165, 1.54) is 4.88 Å². The largest absolute Gasteiger partial charge is 0.476 e. The van der Waals surface area contributed by atoms with E-state index in [0.717, 1.165) is 17.5 Å². The molecule has 1 aliphatic rings. The molecule has 4 nitrogen and oxygen atoms in total. The first-order chi connectivity index (χ1) is 7.27. The quantitative estimate of drug-likeness (QED) is 0.801. The first-order valence-corrected chi connectivity index (χ1v) is 5.44. The van der Waals surface area contributed by atoms with E-state index in [-0.39, 0.29) is 5.69 Å². The Balaban J connectivity index is 2.23. The maximum Gasteiger partial charge on any atom is 0.358 e. The van der Waals surface area contributed by atoms with E-state index in [1.54, 1.807) is 11.3 Å². The average Bonchev–Trinajstić information content (AvgIpc) is 2.82. The predicted octanol–water partition coefficient (Wildman–Crippen LogP) is 2.20. The van der Waals surface area contributed by atoms with Crippen molar-refractivity contribution in [2.24, 2.45) is 0 Å². The van der Waals surface area contributed by atoms with Gasteiger partial charge < -0.3 is 9.63 Å². The standard InChI is InChI=1S/C10H7NO3S/c12-10(13)8-6-1-2-7-5(3-4-15-7)9(6)14-11-8/h3-4H,1-2H2,(H,12,13). The van der Waals surface area contributed by atoms with Crippen molar-refractivity contribution < 1.29 is 14.4 Å². The van der Waals surface area contributed by atoms with Crippen LogP contribution in [-0.4, -0.2) is 16.2 Å². The maximum absolute atomic E-state index is 10.9. The van der Waals surface area contributed by atoms with E-state index in [4.69, 9.17) is 9.63 Å². The molecule has 0 aliphatic heterocycles. The molecule has 3 rings (SSSR count). The Morgan fingerprint density at radius 2 is 2.40 bits per heavy atom. The number of nitrogens with zero attached hydrogens (tertiary/aromatic N) is 1. The van der Waals surface area contributed by atoms with Crippen LogP contribution in [0.25, 0.3) is 11.3 Å². The zero-order chi connectivity index (χ0) is 10.4. The fraction of sp³-hybridized carbons (Fsp3) is 0.200. The minimum atomic E-state index is -1.02. The molecule has 1 N–H and O–H groups in total. The second-order valence-electron chi connectivity index (χ2n) is 3.40. The van der Waals surface area contributed by atoms with Gasteiger partial charge in [0, 0.05) is 16.0 Å². The molecule has 2 heterocycles. The van der Waals surface area contributed by atoms with Gasteiger partial charge in [-0.1, -0.05) is 5.16 Å². The van der Waals surface area contributed by atoms with Gasteiger partial charge in [-0.2, -0.15) is 0 Å². The van der Waals surface area contributed by atoms with Crippen LogP contribution in [0.3, 0.4) is 0 Å². The smallest absolute Gasteiger partial charge is 0.358 e. The van der Waals surface area contributed by atoms with E-state index in [9.17, 15) is 4.79 Å². The van der Waals surface area contributed by atoms with Crippen molar-refractivity contribution in [2.75, 3.05) is 0 Å². The molecule has 5 heteroatoms. The maximum atomic E-state index is 10.9. The lowest BCUT2D eigenvalue weighted by Gasteiger charge is -2.08. The van der Waals surface area contributed by atoms with Crippen LogP contribution in [0.15, 0.2) is 16.0 Å². The third-order valence-electron chi connectivity index (χ3n) is 2.58. The third-order valence-corrected chi connectivity index (χ3v) is 3.56. The minimum Gasteiger partial charge on any atom is -0.476 e. The Morgan fingerprint density at radius 1 is 1.53 bits per heavy atom. The second kappa shape index (κ2) is 2.93. The van der Waals surface area contributed by atoms with E-state index >= 15 is 0 Å². The SMILES string of the molecule is O=C(O)c1noc2c1CCc1sccc1-2. The normalized spacial score (nSPS) is 13.3. The van der Waals surface area contributed by atoms with Gasteiger partial charge in [0.15, 0.2) is 11.5 Å². The summed E-state index contributed by atoms with van der Waals surface area (Å²) in [6.07, 6.45) is 1.58. The number of hydrogen-bond donors (Lipinski definition) is 1. The Hall–Kier alpha value is -1.62. The average molecular weight is 221 g/mol. The van der Waals surface area contributed by atoms with Crippen LogP contribution < -0.4 is 0 Å². The van der Waals surface area contributed by atoms with Crippen LogP contribution in [0, 0.1) is 0 Å². The first kappa shape index (κ1) is 8.67. The van der Waals surface area contributed by atoms with Gasteiger partial charge in [-0.05, 0) is 24.3 Å². The number of fused-ring (bicyclic) bond motifs is 3. The van der Waals surface area contributed by atoms with Crippen LogP contribution in [0.1, 0.15) is 20.9 Å². The van der Waals surface area contributed by atoms with E-state index in [0.29, 0.717) is 12.2 Å². The summed E-state index contributed by atoms with van der Waals surface area (Å²) in [5.41, 5.74) is 1.79. The Morgan fingerprint density at radius 3 is 3.20 bits per heavy atom. The summed E-state index contributed by atoms with van der Waals surface area (Å²) in [7, 11) is 0. The molecule has 15 heavy (non-hydrogen) atoms. The van der Waals surface area contributed by atoms with Crippen molar-refractivity contribution in [3.05, 3.63) is 27.6 Å². The second-order valence-corrected chi connectivity index (χ2v) is 4.40. The van der Waals surface area contributed by atoms with Crippen molar-refractivity contribution in [1.29, 1.82) is 0 Å². The lowest BCUT2D eigenvalue weighted by atomic mass is 9.96. The lowest BCUT2D eigenvalue weighted by molar-refractivity contribution is 0.0685. The van der Waals surface area contributed by atoms with Crippen LogP contribution in [0.5, 0.6) is 0 Å². The monoisotopic (exact) mass is 221 g/mol. The van der Waals surface area contributed by atoms with E-state index in [1.807, 2.05) is 11.4 Å². The molecular formula is C10H7NO3S. The van der Waals surface area contributed by atoms with Crippen molar-refractivity contribution in [3.8, 4) is 11.3 Å². The van der Waals surface area contributed by atoms with Crippen molar-refractivity contribution in [2.45, 2.75) is 12.8 Å². The molecule has 0 unspecified atom stereocenters. The van der Waals surface area contributed by atoms with Gasteiger partial charge in [-0.15, -0.1) is 11.3 Å². The van der Waals surface area contributed by atoms with Crippen LogP contribution in [-0.2, 0) is 12.8 Å². The number of carboxylic acids is 1. The highest BCUT2D eigenvalue weighted by atomic mass is 32.1. The van der Waals surface area contributed by atoms with Crippen molar-refractivity contribution in [1.82, 2.24) is 5.16 Å². The molecule has 0 saturated carbocycles. The van der Waals surface area contributed by atoms with Gasteiger partial charge in [0.05, 0.1) is 0 Å². The summed E-state index contributed by atoms with van der Waals surface area (Å²) in [4.78, 5) is 12.1. The number of aromatic nitrogens is 1. The van der Waals surface area contributed by atoms with Gasteiger partial charge in [0.1, 0.15) is 0 Å². The third kappa shape index (κ3) is 1.13. The first-order valence-electron chi connectivity index (χ1n) is 4.56. The Labute approximate surface area is 89.1 Å². The van der Waals surface area contributed by atoms with Crippen LogP contribution in [0.2, 0.25) is 0 Å². The van der Waals surface area contributed by atoms with Gasteiger partial charge in [-0.25, -0.2) is 4.79 Å². The van der Waals surface area contributed by atoms with Crippen molar-refractivity contribution >= 4 is 17.3 Å². The Kier molecular flexibility index (Phi) is 1.70. The molecular weight excluding hydrogens is 214 g/mol. The van der Waals surface area contributed by atoms with Gasteiger partial charge >= 0.3 is 5.97 Å². The minimum absolute atomic E-state index is 0.0573. The highest BCUT2D eigenvalue weighted by molar-refractivity contribution is 7.10. The Bertz CT molecular complexity index is 541. The van der Waals surface area contributed by atoms with Gasteiger partial charge in [0.2, 0.25) is 0 Å². The zero-order valence-corrected chi connectivity index (χ0v) is 8.50. The van der Waals surface area contributed by atoms with Crippen molar-refractivity contribution in [3.63, 3.8) is 0 Å². The number of carboxylic acid groups (broad SMARTS) is 1. The zero-order valence-electron chi connectivity index (χ0n) is 7.69. The summed E-state index contributed by atoms with van der Waals surface area (Å²) in [6, 6.07) is 1.95. The summed E-state index contributed by atoms with van der Waals surface area (Å²) >= 11 is 1.67. The summed E-state index contributed by atoms with van der Waals surface area (Å²) in [5.74, 6) is -0.381. The summed E-state index contributed by atoms with van der Waals surface area (Å²) < 4.78 is 5.11. The molecule has 1 aliphatic carbocycles. The predicted molar refractivity (Wildman–Crippen MR) is 54.2 cm³/mol. The van der Waals surface area contributed by atoms with E-state index < -0.39 is 5.97 Å². The highest BCUT2D eigenvalue weighted by Gasteiger charge is 2.27. The molecule has 0 atom stereocenters. The number of hydrogen-bond acceptors (Lipinski definition) is 4. The molecule has 2 aromatic rings. The molecule has 0 amide bonds. The molecule has 0 bridgehead atoms. The van der Waals surface area contributed by atoms with Gasteiger partial charge in [0.25, 0.3) is 0 Å². The molecule has 0 aromatic carbocycles. The lowest BCUT2D eigenvalue weighted by Crippen LogP contribution is -2.05. The fourth-order valence-corrected chi connectivity index (χ4v) is 2.77. The molecule has 0 radical (unpaired) electrons. The molecule has 0 fully saturated rings.